The van der Waals surface area contributed by atoms with Crippen molar-refractivity contribution in [3.8, 4) is 11.5 Å². The first-order chi connectivity index (χ1) is 13.4. The molecule has 1 N–H and O–H groups in total. The van der Waals surface area contributed by atoms with Crippen molar-refractivity contribution in [3.63, 3.8) is 0 Å². The number of nitrogens with zero attached hydrogens (tertiary/aromatic N) is 2. The number of likely N-dealkylation sites (N-methyl/N-ethyl adjacent to an activating group) is 1. The predicted molar refractivity (Wildman–Crippen MR) is 110 cm³/mol. The number of rotatable bonds is 6. The van der Waals surface area contributed by atoms with Gasteiger partial charge in [0.25, 0.3) is 0 Å². The van der Waals surface area contributed by atoms with Crippen molar-refractivity contribution in [2.24, 2.45) is 0 Å². The Hall–Kier alpha value is -2.57. The van der Waals surface area contributed by atoms with Gasteiger partial charge in [-0.15, -0.1) is 0 Å². The number of carbonyl (C=O) groups is 2. The standard InChI is InChI=1S/C21H24ClN3O3/c1-15(26)24(2)18-10-11-25(13-18)14-21(27)23-17-6-8-19(9-7-17)28-20-5-3-4-16(22)12-20/h3-9,12,18H,10-11,13-14H2,1-2H3,(H,23,27)/t18-/m0/s1. The zero-order valence-corrected chi connectivity index (χ0v) is 16.8. The number of likely N-dealkylation sites (tertiary alicyclic amines) is 1. The van der Waals surface area contributed by atoms with E-state index in [-0.39, 0.29) is 17.9 Å². The van der Waals surface area contributed by atoms with Crippen LogP contribution in [0.5, 0.6) is 11.5 Å². The van der Waals surface area contributed by atoms with Gasteiger partial charge in [-0.1, -0.05) is 17.7 Å². The minimum Gasteiger partial charge on any atom is -0.457 e. The van der Waals surface area contributed by atoms with Crippen molar-refractivity contribution in [3.05, 3.63) is 53.6 Å². The van der Waals surface area contributed by atoms with Crippen molar-refractivity contribution in [2.75, 3.05) is 32.0 Å². The van der Waals surface area contributed by atoms with E-state index in [1.165, 1.54) is 0 Å². The van der Waals surface area contributed by atoms with E-state index in [2.05, 4.69) is 10.2 Å². The summed E-state index contributed by atoms with van der Waals surface area (Å²) in [7, 11) is 1.81. The molecule has 7 heteroatoms. The van der Waals surface area contributed by atoms with Gasteiger partial charge in [-0.2, -0.15) is 0 Å². The molecule has 28 heavy (non-hydrogen) atoms. The zero-order valence-electron chi connectivity index (χ0n) is 16.0. The van der Waals surface area contributed by atoms with Crippen molar-refractivity contribution in [2.45, 2.75) is 19.4 Å². The van der Waals surface area contributed by atoms with E-state index in [4.69, 9.17) is 16.3 Å². The quantitative estimate of drug-likeness (QED) is 0.803. The molecule has 1 heterocycles. The van der Waals surface area contributed by atoms with E-state index in [0.29, 0.717) is 28.8 Å². The Kier molecular flexibility index (Phi) is 6.54. The minimum atomic E-state index is -0.0744. The average Bonchev–Trinajstić information content (AvgIpc) is 3.11. The summed E-state index contributed by atoms with van der Waals surface area (Å²) in [5.74, 6) is 1.30. The highest BCUT2D eigenvalue weighted by Gasteiger charge is 2.27. The zero-order chi connectivity index (χ0) is 20.1. The molecule has 2 amide bonds. The van der Waals surface area contributed by atoms with E-state index in [9.17, 15) is 9.59 Å². The Balaban J connectivity index is 1.49. The maximum absolute atomic E-state index is 12.3. The number of anilines is 1. The molecule has 1 fully saturated rings. The summed E-state index contributed by atoms with van der Waals surface area (Å²) < 4.78 is 5.74. The Morgan fingerprint density at radius 3 is 2.64 bits per heavy atom. The van der Waals surface area contributed by atoms with Gasteiger partial charge in [-0.3, -0.25) is 14.5 Å². The highest BCUT2D eigenvalue weighted by molar-refractivity contribution is 6.30. The third kappa shape index (κ3) is 5.47. The van der Waals surface area contributed by atoms with Crippen LogP contribution in [0.2, 0.25) is 5.02 Å². The minimum absolute atomic E-state index is 0.0522. The van der Waals surface area contributed by atoms with Crippen molar-refractivity contribution >= 4 is 29.1 Å². The second kappa shape index (κ2) is 9.08. The molecular formula is C21H24ClN3O3. The van der Waals surface area contributed by atoms with Crippen LogP contribution in [0.3, 0.4) is 0 Å². The third-order valence-corrected chi connectivity index (χ3v) is 5.06. The molecule has 0 radical (unpaired) electrons. The van der Waals surface area contributed by atoms with Crippen LogP contribution in [0.15, 0.2) is 48.5 Å². The molecule has 148 valence electrons. The van der Waals surface area contributed by atoms with Gasteiger partial charge in [0.15, 0.2) is 0 Å². The summed E-state index contributed by atoms with van der Waals surface area (Å²) >= 11 is 5.95. The Labute approximate surface area is 170 Å². The molecule has 1 aliphatic heterocycles. The van der Waals surface area contributed by atoms with Gasteiger partial charge in [0.1, 0.15) is 11.5 Å². The summed E-state index contributed by atoms with van der Waals surface area (Å²) in [4.78, 5) is 27.6. The van der Waals surface area contributed by atoms with Crippen molar-refractivity contribution in [1.82, 2.24) is 9.80 Å². The molecule has 1 atom stereocenters. The molecule has 0 aliphatic carbocycles. The average molecular weight is 402 g/mol. The monoisotopic (exact) mass is 401 g/mol. The predicted octanol–water partition coefficient (Wildman–Crippen LogP) is 3.62. The van der Waals surface area contributed by atoms with Gasteiger partial charge in [0, 0.05) is 43.8 Å². The molecule has 2 aromatic carbocycles. The third-order valence-electron chi connectivity index (χ3n) is 4.83. The van der Waals surface area contributed by atoms with Crippen LogP contribution in [0.1, 0.15) is 13.3 Å². The number of benzene rings is 2. The molecule has 3 rings (SSSR count). The van der Waals surface area contributed by atoms with Crippen LogP contribution < -0.4 is 10.1 Å². The van der Waals surface area contributed by atoms with Gasteiger partial charge in [-0.05, 0) is 48.9 Å². The number of hydrogen-bond acceptors (Lipinski definition) is 4. The van der Waals surface area contributed by atoms with Crippen LogP contribution >= 0.6 is 11.6 Å². The molecule has 1 aliphatic rings. The van der Waals surface area contributed by atoms with Crippen molar-refractivity contribution in [1.29, 1.82) is 0 Å². The van der Waals surface area contributed by atoms with Crippen LogP contribution in [-0.4, -0.2) is 54.3 Å². The van der Waals surface area contributed by atoms with Gasteiger partial charge in [0.05, 0.1) is 6.54 Å². The van der Waals surface area contributed by atoms with Crippen LogP contribution in [0, 0.1) is 0 Å². The lowest BCUT2D eigenvalue weighted by atomic mass is 10.2. The summed E-state index contributed by atoms with van der Waals surface area (Å²) in [5.41, 5.74) is 0.708. The highest BCUT2D eigenvalue weighted by Crippen LogP contribution is 2.25. The number of halogens is 1. The maximum Gasteiger partial charge on any atom is 0.238 e. The largest absolute Gasteiger partial charge is 0.457 e. The molecule has 0 bridgehead atoms. The van der Waals surface area contributed by atoms with Gasteiger partial charge in [-0.25, -0.2) is 0 Å². The molecular weight excluding hydrogens is 378 g/mol. The topological polar surface area (TPSA) is 61.9 Å². The normalized spacial score (nSPS) is 16.6. The van der Waals surface area contributed by atoms with Crippen LogP contribution in [0.25, 0.3) is 0 Å². The Morgan fingerprint density at radius 2 is 1.96 bits per heavy atom. The fraction of sp³-hybridized carbons (Fsp3) is 0.333. The number of hydrogen-bond donors (Lipinski definition) is 1. The summed E-state index contributed by atoms with van der Waals surface area (Å²) in [6.45, 7) is 3.40. The fourth-order valence-electron chi connectivity index (χ4n) is 3.21. The first kappa shape index (κ1) is 20.2. The SMILES string of the molecule is CC(=O)N(C)[C@H]1CCN(CC(=O)Nc2ccc(Oc3cccc(Cl)c3)cc2)C1. The Morgan fingerprint density at radius 1 is 1.21 bits per heavy atom. The first-order valence-corrected chi connectivity index (χ1v) is 9.57. The maximum atomic E-state index is 12.3. The lowest BCUT2D eigenvalue weighted by Crippen LogP contribution is -2.39. The van der Waals surface area contributed by atoms with E-state index < -0.39 is 0 Å². The molecule has 0 unspecified atom stereocenters. The second-order valence-electron chi connectivity index (χ2n) is 6.94. The van der Waals surface area contributed by atoms with Gasteiger partial charge in [0.2, 0.25) is 11.8 Å². The van der Waals surface area contributed by atoms with Crippen LogP contribution in [-0.2, 0) is 9.59 Å². The van der Waals surface area contributed by atoms with Crippen LogP contribution in [0.4, 0.5) is 5.69 Å². The number of carbonyl (C=O) groups excluding carboxylic acids is 2. The number of amides is 2. The first-order valence-electron chi connectivity index (χ1n) is 9.20. The molecule has 0 saturated carbocycles. The molecule has 0 spiro atoms. The fourth-order valence-corrected chi connectivity index (χ4v) is 3.39. The molecule has 6 nitrogen and oxygen atoms in total. The lowest BCUT2D eigenvalue weighted by molar-refractivity contribution is -0.129. The van der Waals surface area contributed by atoms with E-state index >= 15 is 0 Å². The summed E-state index contributed by atoms with van der Waals surface area (Å²) in [6, 6.07) is 14.5. The van der Waals surface area contributed by atoms with E-state index in [1.807, 2.05) is 19.2 Å². The number of nitrogens with one attached hydrogen (secondary N) is 1. The highest BCUT2D eigenvalue weighted by atomic mass is 35.5. The molecule has 0 aromatic heterocycles. The molecule has 2 aromatic rings. The molecule has 1 saturated heterocycles. The van der Waals surface area contributed by atoms with Gasteiger partial charge >= 0.3 is 0 Å². The summed E-state index contributed by atoms with van der Waals surface area (Å²) in [5, 5.41) is 3.51. The smallest absolute Gasteiger partial charge is 0.238 e. The van der Waals surface area contributed by atoms with Gasteiger partial charge < -0.3 is 15.0 Å². The number of ether oxygens (including phenoxy) is 1. The van der Waals surface area contributed by atoms with E-state index in [1.54, 1.807) is 48.2 Å². The Bertz CT molecular complexity index is 841. The van der Waals surface area contributed by atoms with Crippen molar-refractivity contribution < 1.29 is 14.3 Å². The summed E-state index contributed by atoms with van der Waals surface area (Å²) in [6.07, 6.45) is 0.888. The lowest BCUT2D eigenvalue weighted by Gasteiger charge is -2.23. The van der Waals surface area contributed by atoms with E-state index in [0.717, 1.165) is 19.5 Å². The second-order valence-corrected chi connectivity index (χ2v) is 7.38.